The Bertz CT molecular complexity index is 1090. The van der Waals surface area contributed by atoms with Crippen molar-refractivity contribution in [3.63, 3.8) is 0 Å². The Labute approximate surface area is 167 Å². The Morgan fingerprint density at radius 3 is 2.55 bits per heavy atom. The first-order valence-corrected chi connectivity index (χ1v) is 9.97. The molecule has 1 aromatic heterocycles. The van der Waals surface area contributed by atoms with Gasteiger partial charge in [-0.3, -0.25) is 0 Å². The number of nitrogens with zero attached hydrogens (tertiary/aromatic N) is 2. The molecule has 1 N–H and O–H groups in total. The SMILES string of the molecule is COc1cccc(C(NS(=O)(=O)c2ccccc2OC(F)F)c2nccn2C)c1. The molecule has 1 unspecified atom stereocenters. The number of hydrogen-bond acceptors (Lipinski definition) is 5. The third-order valence-electron chi connectivity index (χ3n) is 4.17. The molecule has 2 aromatic carbocycles. The summed E-state index contributed by atoms with van der Waals surface area (Å²) >= 11 is 0. The number of alkyl halides is 2. The van der Waals surface area contributed by atoms with Gasteiger partial charge in [-0.1, -0.05) is 24.3 Å². The number of imidazole rings is 1. The van der Waals surface area contributed by atoms with Crippen molar-refractivity contribution in [1.29, 1.82) is 0 Å². The van der Waals surface area contributed by atoms with Crippen LogP contribution >= 0.6 is 0 Å². The monoisotopic (exact) mass is 423 g/mol. The molecular weight excluding hydrogens is 404 g/mol. The molecule has 0 spiro atoms. The Kier molecular flexibility index (Phi) is 6.14. The molecule has 29 heavy (non-hydrogen) atoms. The molecule has 3 rings (SSSR count). The fourth-order valence-electron chi connectivity index (χ4n) is 2.83. The highest BCUT2D eigenvalue weighted by molar-refractivity contribution is 7.89. The maximum Gasteiger partial charge on any atom is 0.387 e. The first-order chi connectivity index (χ1) is 13.8. The summed E-state index contributed by atoms with van der Waals surface area (Å²) in [6.45, 7) is -3.16. The van der Waals surface area contributed by atoms with E-state index in [4.69, 9.17) is 4.74 Å². The Morgan fingerprint density at radius 1 is 1.14 bits per heavy atom. The van der Waals surface area contributed by atoms with E-state index in [1.54, 1.807) is 42.1 Å². The van der Waals surface area contributed by atoms with Gasteiger partial charge in [0.1, 0.15) is 28.3 Å². The van der Waals surface area contributed by atoms with Crippen LogP contribution in [-0.4, -0.2) is 31.7 Å². The average Bonchev–Trinajstić information content (AvgIpc) is 3.11. The maximum atomic E-state index is 13.1. The summed E-state index contributed by atoms with van der Waals surface area (Å²) in [5.74, 6) is 0.496. The van der Waals surface area contributed by atoms with Crippen molar-refractivity contribution >= 4 is 10.0 Å². The molecule has 0 aliphatic carbocycles. The molecule has 0 saturated heterocycles. The van der Waals surface area contributed by atoms with Crippen molar-refractivity contribution < 1.29 is 26.7 Å². The number of aromatic nitrogens is 2. The topological polar surface area (TPSA) is 82.4 Å². The van der Waals surface area contributed by atoms with Gasteiger partial charge in [-0.2, -0.15) is 13.5 Å². The zero-order valence-electron chi connectivity index (χ0n) is 15.6. The maximum absolute atomic E-state index is 13.1. The van der Waals surface area contributed by atoms with E-state index in [-0.39, 0.29) is 0 Å². The number of halogens is 2. The third kappa shape index (κ3) is 4.72. The molecule has 1 atom stereocenters. The Balaban J connectivity index is 2.05. The van der Waals surface area contributed by atoms with Crippen molar-refractivity contribution in [3.05, 3.63) is 72.3 Å². The van der Waals surface area contributed by atoms with Gasteiger partial charge in [-0.15, -0.1) is 0 Å². The summed E-state index contributed by atoms with van der Waals surface area (Å²) in [6, 6.07) is 11.1. The molecular formula is C19H19F2N3O4S. The van der Waals surface area contributed by atoms with Gasteiger partial charge in [-0.05, 0) is 29.8 Å². The van der Waals surface area contributed by atoms with Gasteiger partial charge in [0.15, 0.2) is 0 Å². The predicted octanol–water partition coefficient (Wildman–Crippen LogP) is 3.10. The van der Waals surface area contributed by atoms with Gasteiger partial charge in [0.25, 0.3) is 0 Å². The van der Waals surface area contributed by atoms with Crippen molar-refractivity contribution in [3.8, 4) is 11.5 Å². The van der Waals surface area contributed by atoms with E-state index < -0.39 is 33.3 Å². The molecule has 10 heteroatoms. The fraction of sp³-hybridized carbons (Fsp3) is 0.211. The van der Waals surface area contributed by atoms with E-state index in [1.807, 2.05) is 0 Å². The van der Waals surface area contributed by atoms with Crippen LogP contribution in [0.4, 0.5) is 8.78 Å². The van der Waals surface area contributed by atoms with E-state index in [0.717, 1.165) is 0 Å². The highest BCUT2D eigenvalue weighted by atomic mass is 32.2. The second kappa shape index (κ2) is 8.58. The smallest absolute Gasteiger partial charge is 0.387 e. The molecule has 0 aliphatic heterocycles. The number of benzene rings is 2. The molecule has 3 aromatic rings. The minimum Gasteiger partial charge on any atom is -0.497 e. The largest absolute Gasteiger partial charge is 0.497 e. The van der Waals surface area contributed by atoms with Crippen LogP contribution in [0.5, 0.6) is 11.5 Å². The Morgan fingerprint density at radius 2 is 1.90 bits per heavy atom. The van der Waals surface area contributed by atoms with Crippen LogP contribution in [0.25, 0.3) is 0 Å². The number of rotatable bonds is 8. The molecule has 0 saturated carbocycles. The summed E-state index contributed by atoms with van der Waals surface area (Å²) in [5, 5.41) is 0. The number of para-hydroxylation sites is 1. The lowest BCUT2D eigenvalue weighted by atomic mass is 10.1. The molecule has 0 bridgehead atoms. The zero-order chi connectivity index (χ0) is 21.0. The second-order valence-corrected chi connectivity index (χ2v) is 7.73. The highest BCUT2D eigenvalue weighted by Crippen LogP contribution is 2.29. The summed E-state index contributed by atoms with van der Waals surface area (Å²) in [7, 11) is -1.03. The van der Waals surface area contributed by atoms with Crippen molar-refractivity contribution in [1.82, 2.24) is 14.3 Å². The van der Waals surface area contributed by atoms with Crippen LogP contribution in [0, 0.1) is 0 Å². The summed E-state index contributed by atoms with van der Waals surface area (Å²) in [4.78, 5) is 3.84. The van der Waals surface area contributed by atoms with E-state index in [2.05, 4.69) is 14.4 Å². The van der Waals surface area contributed by atoms with Crippen LogP contribution in [0.1, 0.15) is 17.4 Å². The lowest BCUT2D eigenvalue weighted by Crippen LogP contribution is -2.31. The van der Waals surface area contributed by atoms with Gasteiger partial charge in [0.2, 0.25) is 10.0 Å². The number of ether oxygens (including phenoxy) is 2. The summed E-state index contributed by atoms with van der Waals surface area (Å²) in [6.07, 6.45) is 3.20. The van der Waals surface area contributed by atoms with Crippen molar-refractivity contribution in [2.24, 2.45) is 7.05 Å². The summed E-state index contributed by atoms with van der Waals surface area (Å²) in [5.41, 5.74) is 0.564. The number of nitrogens with one attached hydrogen (secondary N) is 1. The zero-order valence-corrected chi connectivity index (χ0v) is 16.4. The Hall–Kier alpha value is -2.98. The van der Waals surface area contributed by atoms with Crippen molar-refractivity contribution in [2.45, 2.75) is 17.5 Å². The molecule has 0 aliphatic rings. The second-order valence-electron chi connectivity index (χ2n) is 6.05. The third-order valence-corrected chi connectivity index (χ3v) is 5.63. The fourth-order valence-corrected chi connectivity index (χ4v) is 4.15. The van der Waals surface area contributed by atoms with Gasteiger partial charge in [-0.25, -0.2) is 13.4 Å². The van der Waals surface area contributed by atoms with Crippen molar-refractivity contribution in [2.75, 3.05) is 7.11 Å². The first-order valence-electron chi connectivity index (χ1n) is 8.49. The quantitative estimate of drug-likeness (QED) is 0.602. The van der Waals surface area contributed by atoms with Gasteiger partial charge < -0.3 is 14.0 Å². The van der Waals surface area contributed by atoms with Gasteiger partial charge in [0, 0.05) is 19.4 Å². The van der Waals surface area contributed by atoms with Crippen LogP contribution < -0.4 is 14.2 Å². The minimum absolute atomic E-state index is 0.401. The standard InChI is InChI=1S/C19H19F2N3O4S/c1-24-11-10-22-18(24)17(13-6-5-7-14(12-13)27-2)23-29(25,26)16-9-4-3-8-15(16)28-19(20)21/h3-12,17,19,23H,1-2H3. The summed E-state index contributed by atoms with van der Waals surface area (Å²) < 4.78 is 65.4. The number of hydrogen-bond donors (Lipinski definition) is 1. The van der Waals surface area contributed by atoms with Crippen LogP contribution in [-0.2, 0) is 17.1 Å². The van der Waals surface area contributed by atoms with E-state index in [0.29, 0.717) is 17.1 Å². The van der Waals surface area contributed by atoms with Gasteiger partial charge in [0.05, 0.1) is 7.11 Å². The normalized spacial score (nSPS) is 12.7. The first kappa shape index (κ1) is 20.7. The lowest BCUT2D eigenvalue weighted by molar-refractivity contribution is -0.0517. The van der Waals surface area contributed by atoms with E-state index in [9.17, 15) is 17.2 Å². The van der Waals surface area contributed by atoms with E-state index in [1.165, 1.54) is 37.6 Å². The van der Waals surface area contributed by atoms with Gasteiger partial charge >= 0.3 is 6.61 Å². The number of methoxy groups -OCH3 is 1. The molecule has 0 radical (unpaired) electrons. The van der Waals surface area contributed by atoms with E-state index >= 15 is 0 Å². The predicted molar refractivity (Wildman–Crippen MR) is 101 cm³/mol. The molecule has 0 amide bonds. The average molecular weight is 423 g/mol. The molecule has 1 heterocycles. The molecule has 154 valence electrons. The van der Waals surface area contributed by atoms with Crippen LogP contribution in [0.2, 0.25) is 0 Å². The number of sulfonamides is 1. The highest BCUT2D eigenvalue weighted by Gasteiger charge is 2.28. The minimum atomic E-state index is -4.25. The molecule has 7 nitrogen and oxygen atoms in total. The number of aryl methyl sites for hydroxylation is 1. The van der Waals surface area contributed by atoms with Crippen LogP contribution in [0.3, 0.4) is 0 Å². The molecule has 0 fully saturated rings. The lowest BCUT2D eigenvalue weighted by Gasteiger charge is -2.20. The van der Waals surface area contributed by atoms with Crippen LogP contribution in [0.15, 0.2) is 65.8 Å².